The first kappa shape index (κ1) is 10.7. The van der Waals surface area contributed by atoms with E-state index in [4.69, 9.17) is 16.7 Å². The van der Waals surface area contributed by atoms with Crippen LogP contribution in [0.5, 0.6) is 0 Å². The highest BCUT2D eigenvalue weighted by Crippen LogP contribution is 2.26. The predicted molar refractivity (Wildman–Crippen MR) is 52.8 cm³/mol. The number of carbonyl (C=O) groups is 1. The Morgan fingerprint density at radius 1 is 1.43 bits per heavy atom. The minimum absolute atomic E-state index is 0.0306. The van der Waals surface area contributed by atoms with E-state index >= 15 is 0 Å². The van der Waals surface area contributed by atoms with Gasteiger partial charge in [0, 0.05) is 10.6 Å². The summed E-state index contributed by atoms with van der Waals surface area (Å²) < 4.78 is 13.0. The molecule has 0 radical (unpaired) electrons. The van der Waals surface area contributed by atoms with Crippen LogP contribution in [-0.2, 0) is 4.79 Å². The first-order valence-corrected chi connectivity index (χ1v) is 4.26. The molecule has 14 heavy (non-hydrogen) atoms. The van der Waals surface area contributed by atoms with Crippen molar-refractivity contribution in [1.29, 1.82) is 0 Å². The van der Waals surface area contributed by atoms with Gasteiger partial charge in [0.05, 0.1) is 0 Å². The molecule has 1 aromatic carbocycles. The van der Waals surface area contributed by atoms with Crippen LogP contribution in [-0.4, -0.2) is 11.1 Å². The van der Waals surface area contributed by atoms with Gasteiger partial charge in [-0.2, -0.15) is 4.39 Å². The highest BCUT2D eigenvalue weighted by molar-refractivity contribution is 6.32. The van der Waals surface area contributed by atoms with Crippen molar-refractivity contribution in [1.82, 2.24) is 0 Å². The number of allylic oxidation sites excluding steroid dienone is 1. The number of hydrogen-bond donors (Lipinski definition) is 1. The Hall–Kier alpha value is -1.35. The van der Waals surface area contributed by atoms with E-state index in [0.717, 1.165) is 0 Å². The Labute approximate surface area is 85.6 Å². The zero-order valence-electron chi connectivity index (χ0n) is 7.42. The number of benzene rings is 1. The lowest BCUT2D eigenvalue weighted by molar-refractivity contribution is -0.134. The average Bonchev–Trinajstić information content (AvgIpc) is 2.16. The summed E-state index contributed by atoms with van der Waals surface area (Å²) in [7, 11) is 0. The van der Waals surface area contributed by atoms with Gasteiger partial charge in [0.25, 0.3) is 0 Å². The Kier molecular flexibility index (Phi) is 3.25. The van der Waals surface area contributed by atoms with Gasteiger partial charge in [-0.15, -0.1) is 0 Å². The third kappa shape index (κ3) is 2.12. The molecule has 4 heteroatoms. The van der Waals surface area contributed by atoms with E-state index < -0.39 is 11.8 Å². The van der Waals surface area contributed by atoms with Crippen molar-refractivity contribution >= 4 is 23.1 Å². The maximum atomic E-state index is 13.0. The Balaban J connectivity index is 3.25. The van der Waals surface area contributed by atoms with Crippen LogP contribution >= 0.6 is 11.6 Å². The molecule has 0 aliphatic rings. The molecule has 0 fully saturated rings. The zero-order chi connectivity index (χ0) is 10.7. The quantitative estimate of drug-likeness (QED) is 0.768. The normalized spacial score (nSPS) is 12.2. The highest BCUT2D eigenvalue weighted by atomic mass is 35.5. The molecule has 0 amide bonds. The van der Waals surface area contributed by atoms with Crippen LogP contribution in [0.15, 0.2) is 30.1 Å². The fraction of sp³-hybridized carbons (Fsp3) is 0.100. The second-order valence-corrected chi connectivity index (χ2v) is 3.13. The summed E-state index contributed by atoms with van der Waals surface area (Å²) in [5.74, 6) is -2.76. The summed E-state index contributed by atoms with van der Waals surface area (Å²) in [4.78, 5) is 10.3. The number of hydrogen-bond acceptors (Lipinski definition) is 1. The lowest BCUT2D eigenvalue weighted by Gasteiger charge is -2.03. The molecular weight excluding hydrogens is 207 g/mol. The number of aliphatic carboxylic acids is 1. The molecule has 0 saturated heterocycles. The summed E-state index contributed by atoms with van der Waals surface area (Å²) in [6.45, 7) is 1.38. The molecular formula is C10H8ClFO2. The lowest BCUT2D eigenvalue weighted by Crippen LogP contribution is -1.98. The molecule has 1 aromatic rings. The van der Waals surface area contributed by atoms with Crippen LogP contribution in [0, 0.1) is 0 Å². The smallest absolute Gasteiger partial charge is 0.365 e. The van der Waals surface area contributed by atoms with Crippen molar-refractivity contribution in [3.8, 4) is 0 Å². The maximum absolute atomic E-state index is 13.0. The molecule has 0 aromatic heterocycles. The highest BCUT2D eigenvalue weighted by Gasteiger charge is 2.13. The molecule has 0 aliphatic heterocycles. The van der Waals surface area contributed by atoms with Crippen molar-refractivity contribution < 1.29 is 14.3 Å². The SMILES string of the molecule is CC(=C(F)C(=O)O)c1ccccc1Cl. The minimum atomic E-state index is -1.58. The second kappa shape index (κ2) is 4.24. The number of halogens is 2. The first-order valence-electron chi connectivity index (χ1n) is 3.88. The fourth-order valence-corrected chi connectivity index (χ4v) is 1.32. The van der Waals surface area contributed by atoms with E-state index in [2.05, 4.69) is 0 Å². The molecule has 0 heterocycles. The van der Waals surface area contributed by atoms with Gasteiger partial charge >= 0.3 is 5.97 Å². The van der Waals surface area contributed by atoms with Gasteiger partial charge in [-0.05, 0) is 18.6 Å². The second-order valence-electron chi connectivity index (χ2n) is 2.72. The summed E-state index contributed by atoms with van der Waals surface area (Å²) >= 11 is 5.77. The molecule has 0 bridgehead atoms. The summed E-state index contributed by atoms with van der Waals surface area (Å²) in [5, 5.41) is 8.76. The van der Waals surface area contributed by atoms with Gasteiger partial charge in [0.15, 0.2) is 0 Å². The molecule has 1 N–H and O–H groups in total. The van der Waals surface area contributed by atoms with Gasteiger partial charge in [-0.3, -0.25) is 0 Å². The lowest BCUT2D eigenvalue weighted by atomic mass is 10.1. The van der Waals surface area contributed by atoms with E-state index in [1.165, 1.54) is 6.92 Å². The van der Waals surface area contributed by atoms with Crippen LogP contribution < -0.4 is 0 Å². The third-order valence-electron chi connectivity index (χ3n) is 1.79. The molecule has 0 spiro atoms. The average molecular weight is 215 g/mol. The van der Waals surface area contributed by atoms with Crippen molar-refractivity contribution in [3.63, 3.8) is 0 Å². The molecule has 0 atom stereocenters. The Morgan fingerprint density at radius 2 is 2.00 bits per heavy atom. The van der Waals surface area contributed by atoms with Gasteiger partial charge < -0.3 is 5.11 Å². The van der Waals surface area contributed by atoms with Crippen molar-refractivity contribution in [2.24, 2.45) is 0 Å². The molecule has 0 aliphatic carbocycles. The van der Waals surface area contributed by atoms with Crippen molar-refractivity contribution in [2.75, 3.05) is 0 Å². The van der Waals surface area contributed by atoms with E-state index in [1.807, 2.05) is 0 Å². The Morgan fingerprint density at radius 3 is 2.50 bits per heavy atom. The summed E-state index contributed by atoms with van der Waals surface area (Å²) in [5.41, 5.74) is 0.428. The fourth-order valence-electron chi connectivity index (χ4n) is 1.04. The molecule has 74 valence electrons. The van der Waals surface area contributed by atoms with Crippen molar-refractivity contribution in [2.45, 2.75) is 6.92 Å². The number of carboxylic acids is 1. The number of carboxylic acid groups (broad SMARTS) is 1. The maximum Gasteiger partial charge on any atom is 0.365 e. The summed E-state index contributed by atoms with van der Waals surface area (Å²) in [6, 6.07) is 6.51. The van der Waals surface area contributed by atoms with Gasteiger partial charge in [0.2, 0.25) is 5.83 Å². The molecule has 2 nitrogen and oxygen atoms in total. The van der Waals surface area contributed by atoms with Crippen LogP contribution in [0.4, 0.5) is 4.39 Å². The Bertz CT molecular complexity index is 399. The van der Waals surface area contributed by atoms with E-state index in [0.29, 0.717) is 10.6 Å². The number of rotatable bonds is 2. The molecule has 0 saturated carbocycles. The van der Waals surface area contributed by atoms with Crippen LogP contribution in [0.1, 0.15) is 12.5 Å². The monoisotopic (exact) mass is 214 g/mol. The zero-order valence-corrected chi connectivity index (χ0v) is 8.18. The molecule has 1 rings (SSSR count). The van der Waals surface area contributed by atoms with E-state index in [1.54, 1.807) is 24.3 Å². The van der Waals surface area contributed by atoms with Crippen LogP contribution in [0.2, 0.25) is 5.02 Å². The summed E-state index contributed by atoms with van der Waals surface area (Å²) in [6.07, 6.45) is 0. The van der Waals surface area contributed by atoms with Gasteiger partial charge in [0.1, 0.15) is 0 Å². The van der Waals surface area contributed by atoms with Crippen molar-refractivity contribution in [3.05, 3.63) is 40.7 Å². The largest absolute Gasteiger partial charge is 0.476 e. The first-order chi connectivity index (χ1) is 6.54. The minimum Gasteiger partial charge on any atom is -0.476 e. The topological polar surface area (TPSA) is 37.3 Å². The van der Waals surface area contributed by atoms with E-state index in [9.17, 15) is 9.18 Å². The van der Waals surface area contributed by atoms with Gasteiger partial charge in [-0.25, -0.2) is 4.79 Å². The predicted octanol–water partition coefficient (Wildman–Crippen LogP) is 3.13. The van der Waals surface area contributed by atoms with Gasteiger partial charge in [-0.1, -0.05) is 29.8 Å². The van der Waals surface area contributed by atoms with Crippen LogP contribution in [0.3, 0.4) is 0 Å². The standard InChI is InChI=1S/C10H8ClFO2/c1-6(9(12)10(13)14)7-4-2-3-5-8(7)11/h2-5H,1H3,(H,13,14). The van der Waals surface area contributed by atoms with Crippen LogP contribution in [0.25, 0.3) is 5.57 Å². The third-order valence-corrected chi connectivity index (χ3v) is 2.12. The van der Waals surface area contributed by atoms with E-state index in [-0.39, 0.29) is 5.57 Å². The molecule has 0 unspecified atom stereocenters.